The second-order valence-electron chi connectivity index (χ2n) is 5.67. The van der Waals surface area contributed by atoms with Gasteiger partial charge in [0.15, 0.2) is 11.5 Å². The van der Waals surface area contributed by atoms with E-state index in [2.05, 4.69) is 35.9 Å². The number of aromatic amines is 1. The van der Waals surface area contributed by atoms with Gasteiger partial charge in [-0.1, -0.05) is 19.4 Å². The molecule has 4 heteroatoms. The van der Waals surface area contributed by atoms with Crippen LogP contribution in [0.25, 0.3) is 22.4 Å². The number of hydrogen-bond acceptors (Lipinski definition) is 3. The van der Waals surface area contributed by atoms with Crippen molar-refractivity contribution in [3.8, 4) is 22.9 Å². The lowest BCUT2D eigenvalue weighted by Crippen LogP contribution is -1.99. The molecule has 2 aromatic carbocycles. The molecule has 1 aromatic heterocycles. The molecule has 0 saturated carbocycles. The third-order valence-corrected chi connectivity index (χ3v) is 3.83. The normalized spacial score (nSPS) is 10.9. The number of nitrogens with zero attached hydrogens (tertiary/aromatic N) is 1. The topological polar surface area (TPSA) is 47.1 Å². The van der Waals surface area contributed by atoms with Gasteiger partial charge >= 0.3 is 0 Å². The predicted octanol–water partition coefficient (Wildman–Crippen LogP) is 4.73. The van der Waals surface area contributed by atoms with Gasteiger partial charge in [-0.15, -0.1) is 0 Å². The number of H-pyrrole nitrogens is 1. The van der Waals surface area contributed by atoms with Gasteiger partial charge in [-0.25, -0.2) is 4.98 Å². The molecule has 3 aromatic rings. The number of methoxy groups -OCH3 is 1. The van der Waals surface area contributed by atoms with Crippen LogP contribution in [0.5, 0.6) is 11.5 Å². The van der Waals surface area contributed by atoms with Crippen LogP contribution >= 0.6 is 0 Å². The lowest BCUT2D eigenvalue weighted by Gasteiger charge is -2.11. The molecule has 0 unspecified atom stereocenters. The molecule has 0 aliphatic heterocycles. The molecule has 0 aliphatic rings. The smallest absolute Gasteiger partial charge is 0.161 e. The summed E-state index contributed by atoms with van der Waals surface area (Å²) in [5, 5.41) is 0. The van der Waals surface area contributed by atoms with Crippen LogP contribution in [-0.4, -0.2) is 23.7 Å². The molecule has 0 aliphatic carbocycles. The number of benzene rings is 2. The van der Waals surface area contributed by atoms with Crippen molar-refractivity contribution in [1.82, 2.24) is 9.97 Å². The zero-order valence-electron chi connectivity index (χ0n) is 13.8. The lowest BCUT2D eigenvalue weighted by molar-refractivity contribution is 0.288. The number of imidazole rings is 1. The fourth-order valence-corrected chi connectivity index (χ4v) is 2.52. The summed E-state index contributed by atoms with van der Waals surface area (Å²) in [5.74, 6) is 2.34. The van der Waals surface area contributed by atoms with E-state index in [1.54, 1.807) is 7.11 Å². The summed E-state index contributed by atoms with van der Waals surface area (Å²) in [6.07, 6.45) is 2.15. The van der Waals surface area contributed by atoms with Crippen LogP contribution in [0.3, 0.4) is 0 Å². The highest BCUT2D eigenvalue weighted by molar-refractivity contribution is 5.80. The van der Waals surface area contributed by atoms with Gasteiger partial charge in [0.05, 0.1) is 24.8 Å². The summed E-state index contributed by atoms with van der Waals surface area (Å²) in [6.45, 7) is 4.93. The summed E-state index contributed by atoms with van der Waals surface area (Å²) in [6, 6.07) is 12.1. The van der Waals surface area contributed by atoms with Crippen LogP contribution in [0.1, 0.15) is 25.3 Å². The van der Waals surface area contributed by atoms with E-state index in [0.717, 1.165) is 46.8 Å². The van der Waals surface area contributed by atoms with Gasteiger partial charge < -0.3 is 14.5 Å². The first kappa shape index (κ1) is 15.4. The molecular weight excluding hydrogens is 288 g/mol. The first-order valence-corrected chi connectivity index (χ1v) is 7.99. The van der Waals surface area contributed by atoms with Gasteiger partial charge in [0.25, 0.3) is 0 Å². The third-order valence-electron chi connectivity index (χ3n) is 3.83. The monoisotopic (exact) mass is 310 g/mol. The average Bonchev–Trinajstić information content (AvgIpc) is 2.98. The zero-order chi connectivity index (χ0) is 16.2. The zero-order valence-corrected chi connectivity index (χ0v) is 13.8. The van der Waals surface area contributed by atoms with Gasteiger partial charge in [0, 0.05) is 5.56 Å². The van der Waals surface area contributed by atoms with Crippen LogP contribution in [-0.2, 0) is 0 Å². The van der Waals surface area contributed by atoms with E-state index in [4.69, 9.17) is 9.47 Å². The summed E-state index contributed by atoms with van der Waals surface area (Å²) >= 11 is 0. The van der Waals surface area contributed by atoms with Crippen molar-refractivity contribution in [3.63, 3.8) is 0 Å². The molecule has 1 N–H and O–H groups in total. The van der Waals surface area contributed by atoms with Gasteiger partial charge in [-0.3, -0.25) is 0 Å². The van der Waals surface area contributed by atoms with Crippen LogP contribution < -0.4 is 9.47 Å². The lowest BCUT2D eigenvalue weighted by atomic mass is 10.2. The predicted molar refractivity (Wildman–Crippen MR) is 93.2 cm³/mol. The summed E-state index contributed by atoms with van der Waals surface area (Å²) < 4.78 is 11.2. The van der Waals surface area contributed by atoms with E-state index in [1.165, 1.54) is 5.56 Å². The van der Waals surface area contributed by atoms with E-state index < -0.39 is 0 Å². The minimum atomic E-state index is 0.704. The van der Waals surface area contributed by atoms with Crippen molar-refractivity contribution in [1.29, 1.82) is 0 Å². The Labute approximate surface area is 136 Å². The Morgan fingerprint density at radius 3 is 2.74 bits per heavy atom. The molecule has 0 atom stereocenters. The van der Waals surface area contributed by atoms with Gasteiger partial charge in [0.1, 0.15) is 5.82 Å². The number of hydrogen-bond donors (Lipinski definition) is 1. The van der Waals surface area contributed by atoms with Crippen LogP contribution in [0.15, 0.2) is 36.4 Å². The Morgan fingerprint density at radius 2 is 1.96 bits per heavy atom. The molecular formula is C19H22N2O2. The van der Waals surface area contributed by atoms with E-state index in [1.807, 2.05) is 24.3 Å². The first-order chi connectivity index (χ1) is 11.2. The molecule has 4 nitrogen and oxygen atoms in total. The molecule has 0 radical (unpaired) electrons. The molecule has 120 valence electrons. The maximum Gasteiger partial charge on any atom is 0.161 e. The Kier molecular flexibility index (Phi) is 4.51. The standard InChI is InChI=1S/C19H22N2O2/c1-4-5-10-23-17-9-7-14(12-18(17)22-3)19-20-15-8-6-13(2)11-16(15)21-19/h6-9,11-12H,4-5,10H2,1-3H3,(H,20,21). The van der Waals surface area contributed by atoms with Crippen molar-refractivity contribution < 1.29 is 9.47 Å². The number of unbranched alkanes of at least 4 members (excludes halogenated alkanes) is 1. The highest BCUT2D eigenvalue weighted by atomic mass is 16.5. The minimum absolute atomic E-state index is 0.704. The molecule has 3 rings (SSSR count). The van der Waals surface area contributed by atoms with Gasteiger partial charge in [-0.2, -0.15) is 0 Å². The largest absolute Gasteiger partial charge is 0.493 e. The Balaban J connectivity index is 1.92. The number of rotatable bonds is 6. The van der Waals surface area contributed by atoms with E-state index in [0.29, 0.717) is 6.61 Å². The number of fused-ring (bicyclic) bond motifs is 1. The second-order valence-corrected chi connectivity index (χ2v) is 5.67. The minimum Gasteiger partial charge on any atom is -0.493 e. The van der Waals surface area contributed by atoms with Crippen molar-refractivity contribution >= 4 is 11.0 Å². The molecule has 1 heterocycles. The molecule has 0 fully saturated rings. The van der Waals surface area contributed by atoms with Crippen molar-refractivity contribution in [2.45, 2.75) is 26.7 Å². The Hall–Kier alpha value is -2.49. The number of aryl methyl sites for hydroxylation is 1. The Morgan fingerprint density at radius 1 is 1.09 bits per heavy atom. The fourth-order valence-electron chi connectivity index (χ4n) is 2.52. The van der Waals surface area contributed by atoms with Crippen LogP contribution in [0, 0.1) is 6.92 Å². The third kappa shape index (κ3) is 3.31. The van der Waals surface area contributed by atoms with Crippen LogP contribution in [0.2, 0.25) is 0 Å². The van der Waals surface area contributed by atoms with Gasteiger partial charge in [-0.05, 0) is 49.2 Å². The average molecular weight is 310 g/mol. The second kappa shape index (κ2) is 6.73. The number of nitrogens with one attached hydrogen (secondary N) is 1. The van der Waals surface area contributed by atoms with Crippen molar-refractivity contribution in [3.05, 3.63) is 42.0 Å². The summed E-state index contributed by atoms with van der Waals surface area (Å²) in [5.41, 5.74) is 4.21. The molecule has 0 bridgehead atoms. The highest BCUT2D eigenvalue weighted by Gasteiger charge is 2.10. The SMILES string of the molecule is CCCCOc1ccc(-c2nc3ccc(C)cc3[nH]2)cc1OC. The quantitative estimate of drug-likeness (QED) is 0.670. The van der Waals surface area contributed by atoms with Crippen molar-refractivity contribution in [2.24, 2.45) is 0 Å². The highest BCUT2D eigenvalue weighted by Crippen LogP contribution is 2.32. The van der Waals surface area contributed by atoms with E-state index >= 15 is 0 Å². The fraction of sp³-hybridized carbons (Fsp3) is 0.316. The van der Waals surface area contributed by atoms with Crippen molar-refractivity contribution in [2.75, 3.05) is 13.7 Å². The summed E-state index contributed by atoms with van der Waals surface area (Å²) in [7, 11) is 1.66. The molecule has 0 spiro atoms. The van der Waals surface area contributed by atoms with E-state index in [9.17, 15) is 0 Å². The molecule has 23 heavy (non-hydrogen) atoms. The molecule has 0 saturated heterocycles. The summed E-state index contributed by atoms with van der Waals surface area (Å²) in [4.78, 5) is 8.02. The van der Waals surface area contributed by atoms with Gasteiger partial charge in [0.2, 0.25) is 0 Å². The first-order valence-electron chi connectivity index (χ1n) is 7.99. The number of aromatic nitrogens is 2. The number of ether oxygens (including phenoxy) is 2. The van der Waals surface area contributed by atoms with Crippen LogP contribution in [0.4, 0.5) is 0 Å². The Bertz CT molecular complexity index is 808. The maximum absolute atomic E-state index is 5.78. The van der Waals surface area contributed by atoms with E-state index in [-0.39, 0.29) is 0 Å². The maximum atomic E-state index is 5.78. The molecule has 0 amide bonds.